The van der Waals surface area contributed by atoms with E-state index in [4.69, 9.17) is 5.11 Å². The molecule has 0 saturated carbocycles. The van der Waals surface area contributed by atoms with Crippen LogP contribution in [0.4, 0.5) is 0 Å². The van der Waals surface area contributed by atoms with Crippen LogP contribution in [0.1, 0.15) is 52.4 Å². The molecule has 1 rings (SSSR count). The van der Waals surface area contributed by atoms with Gasteiger partial charge in [-0.05, 0) is 31.6 Å². The van der Waals surface area contributed by atoms with E-state index < -0.39 is 0 Å². The number of hydrogen-bond acceptors (Lipinski definition) is 2. The number of carbonyl (C=O) groups is 1. The van der Waals surface area contributed by atoms with E-state index in [-0.39, 0.29) is 12.5 Å². The van der Waals surface area contributed by atoms with E-state index in [9.17, 15) is 4.79 Å². The average molecular weight is 241 g/mol. The highest BCUT2D eigenvalue weighted by Gasteiger charge is 2.26. The summed E-state index contributed by atoms with van der Waals surface area (Å²) in [6, 6.07) is 0. The van der Waals surface area contributed by atoms with Crippen molar-refractivity contribution in [2.45, 2.75) is 52.4 Å². The van der Waals surface area contributed by atoms with Crippen molar-refractivity contribution in [1.29, 1.82) is 0 Å². The van der Waals surface area contributed by atoms with Crippen molar-refractivity contribution in [2.75, 3.05) is 19.7 Å². The summed E-state index contributed by atoms with van der Waals surface area (Å²) in [7, 11) is 0. The van der Waals surface area contributed by atoms with Gasteiger partial charge in [0.2, 0.25) is 5.91 Å². The molecule has 1 atom stereocenters. The van der Waals surface area contributed by atoms with E-state index in [1.165, 1.54) is 0 Å². The van der Waals surface area contributed by atoms with Crippen LogP contribution in [0.15, 0.2) is 0 Å². The second-order valence-corrected chi connectivity index (χ2v) is 5.20. The summed E-state index contributed by atoms with van der Waals surface area (Å²) in [5, 5.41) is 9.08. The van der Waals surface area contributed by atoms with Crippen LogP contribution in [-0.2, 0) is 4.79 Å². The summed E-state index contributed by atoms with van der Waals surface area (Å²) in [5.41, 5.74) is 0. The lowest BCUT2D eigenvalue weighted by Gasteiger charge is -2.33. The fourth-order valence-electron chi connectivity index (χ4n) is 2.55. The van der Waals surface area contributed by atoms with Crippen LogP contribution >= 0.6 is 0 Å². The number of aliphatic hydroxyl groups is 1. The maximum Gasteiger partial charge on any atom is 0.225 e. The van der Waals surface area contributed by atoms with Gasteiger partial charge in [-0.2, -0.15) is 0 Å². The third kappa shape index (κ3) is 4.30. The van der Waals surface area contributed by atoms with E-state index in [0.29, 0.717) is 11.8 Å². The van der Waals surface area contributed by atoms with Crippen LogP contribution in [0, 0.1) is 11.8 Å². The van der Waals surface area contributed by atoms with E-state index in [1.807, 2.05) is 4.90 Å². The van der Waals surface area contributed by atoms with Gasteiger partial charge in [-0.1, -0.05) is 26.7 Å². The molecule has 0 aromatic heterocycles. The van der Waals surface area contributed by atoms with E-state index in [2.05, 4.69) is 13.8 Å². The van der Waals surface area contributed by atoms with Gasteiger partial charge in [0, 0.05) is 25.6 Å². The molecular weight excluding hydrogens is 214 g/mol. The van der Waals surface area contributed by atoms with Crippen LogP contribution in [0.2, 0.25) is 0 Å². The van der Waals surface area contributed by atoms with Crippen molar-refractivity contribution in [2.24, 2.45) is 11.8 Å². The van der Waals surface area contributed by atoms with Crippen molar-refractivity contribution < 1.29 is 9.90 Å². The number of carbonyl (C=O) groups excluding carboxylic acids is 1. The minimum atomic E-state index is 0.223. The Balaban J connectivity index is 2.40. The fourth-order valence-corrected chi connectivity index (χ4v) is 2.55. The number of unbranched alkanes of at least 4 members (excludes halogenated alkanes) is 1. The van der Waals surface area contributed by atoms with E-state index >= 15 is 0 Å². The monoisotopic (exact) mass is 241 g/mol. The Kier molecular flexibility index (Phi) is 6.56. The number of likely N-dealkylation sites (tertiary alicyclic amines) is 1. The normalized spacial score (nSPS) is 19.4. The van der Waals surface area contributed by atoms with Gasteiger partial charge in [0.05, 0.1) is 0 Å². The molecule has 0 aromatic carbocycles. The molecule has 0 radical (unpaired) electrons. The predicted octanol–water partition coefficient (Wildman–Crippen LogP) is 2.43. The number of hydrogen-bond donors (Lipinski definition) is 1. The molecule has 1 aliphatic heterocycles. The van der Waals surface area contributed by atoms with Crippen molar-refractivity contribution in [3.63, 3.8) is 0 Å². The fraction of sp³-hybridized carbons (Fsp3) is 0.929. The Morgan fingerprint density at radius 3 is 2.47 bits per heavy atom. The minimum Gasteiger partial charge on any atom is -0.396 e. The number of rotatable bonds is 6. The summed E-state index contributed by atoms with van der Waals surface area (Å²) in [6.07, 6.45) is 6.23. The van der Waals surface area contributed by atoms with Crippen LogP contribution in [-0.4, -0.2) is 35.6 Å². The summed E-state index contributed by atoms with van der Waals surface area (Å²) >= 11 is 0. The van der Waals surface area contributed by atoms with Gasteiger partial charge in [0.25, 0.3) is 0 Å². The van der Waals surface area contributed by atoms with Gasteiger partial charge in [-0.25, -0.2) is 0 Å². The molecule has 1 fully saturated rings. The average Bonchev–Trinajstić information content (AvgIpc) is 2.39. The summed E-state index contributed by atoms with van der Waals surface area (Å²) in [5.74, 6) is 0.979. The molecule has 1 amide bonds. The van der Waals surface area contributed by atoms with Crippen molar-refractivity contribution in [3.8, 4) is 0 Å². The van der Waals surface area contributed by atoms with Crippen LogP contribution in [0.5, 0.6) is 0 Å². The Bertz CT molecular complexity index is 222. The first kappa shape index (κ1) is 14.5. The molecule has 17 heavy (non-hydrogen) atoms. The SMILES string of the molecule is CCCCC(CC)C(=O)N1CCC(CO)CC1. The molecule has 1 heterocycles. The second-order valence-electron chi connectivity index (χ2n) is 5.20. The van der Waals surface area contributed by atoms with E-state index in [0.717, 1.165) is 51.6 Å². The molecule has 3 nitrogen and oxygen atoms in total. The van der Waals surface area contributed by atoms with Gasteiger partial charge in [0.15, 0.2) is 0 Å². The Morgan fingerprint density at radius 1 is 1.35 bits per heavy atom. The van der Waals surface area contributed by atoms with Gasteiger partial charge in [-0.3, -0.25) is 4.79 Å². The highest BCUT2D eigenvalue weighted by Crippen LogP contribution is 2.21. The number of amides is 1. The molecule has 0 aliphatic carbocycles. The highest BCUT2D eigenvalue weighted by atomic mass is 16.3. The predicted molar refractivity (Wildman–Crippen MR) is 69.7 cm³/mol. The molecule has 0 bridgehead atoms. The lowest BCUT2D eigenvalue weighted by Crippen LogP contribution is -2.42. The van der Waals surface area contributed by atoms with Gasteiger partial charge < -0.3 is 10.0 Å². The topological polar surface area (TPSA) is 40.5 Å². The quantitative estimate of drug-likeness (QED) is 0.776. The number of aliphatic hydroxyl groups excluding tert-OH is 1. The Morgan fingerprint density at radius 2 is 2.00 bits per heavy atom. The number of nitrogens with zero attached hydrogens (tertiary/aromatic N) is 1. The zero-order valence-corrected chi connectivity index (χ0v) is 11.3. The molecule has 1 aliphatic rings. The highest BCUT2D eigenvalue weighted by molar-refractivity contribution is 5.78. The van der Waals surface area contributed by atoms with Gasteiger partial charge in [-0.15, -0.1) is 0 Å². The Hall–Kier alpha value is -0.570. The third-order valence-electron chi connectivity index (χ3n) is 3.93. The minimum absolute atomic E-state index is 0.223. The molecule has 1 unspecified atom stereocenters. The molecule has 1 saturated heterocycles. The Labute approximate surface area is 105 Å². The summed E-state index contributed by atoms with van der Waals surface area (Å²) in [4.78, 5) is 14.3. The van der Waals surface area contributed by atoms with E-state index in [1.54, 1.807) is 0 Å². The molecule has 0 spiro atoms. The maximum absolute atomic E-state index is 12.3. The molecule has 3 heteroatoms. The standard InChI is InChI=1S/C14H27NO2/c1-3-5-6-13(4-2)14(17)15-9-7-12(11-16)8-10-15/h12-13,16H,3-11H2,1-2H3. The summed E-state index contributed by atoms with van der Waals surface area (Å²) < 4.78 is 0. The van der Waals surface area contributed by atoms with Crippen molar-refractivity contribution in [1.82, 2.24) is 4.90 Å². The lowest BCUT2D eigenvalue weighted by molar-refractivity contribution is -0.137. The number of piperidine rings is 1. The second kappa shape index (κ2) is 7.70. The smallest absolute Gasteiger partial charge is 0.225 e. The van der Waals surface area contributed by atoms with Gasteiger partial charge >= 0.3 is 0 Å². The van der Waals surface area contributed by atoms with Crippen LogP contribution < -0.4 is 0 Å². The van der Waals surface area contributed by atoms with Gasteiger partial charge in [0.1, 0.15) is 0 Å². The first-order valence-corrected chi connectivity index (χ1v) is 7.12. The first-order chi connectivity index (χ1) is 8.22. The molecule has 1 N–H and O–H groups in total. The zero-order chi connectivity index (χ0) is 12.7. The van der Waals surface area contributed by atoms with Crippen molar-refractivity contribution in [3.05, 3.63) is 0 Å². The molecule has 100 valence electrons. The van der Waals surface area contributed by atoms with Crippen LogP contribution in [0.3, 0.4) is 0 Å². The molecular formula is C14H27NO2. The third-order valence-corrected chi connectivity index (χ3v) is 3.93. The largest absolute Gasteiger partial charge is 0.396 e. The zero-order valence-electron chi connectivity index (χ0n) is 11.3. The maximum atomic E-state index is 12.3. The molecule has 0 aromatic rings. The first-order valence-electron chi connectivity index (χ1n) is 7.12. The van der Waals surface area contributed by atoms with Crippen molar-refractivity contribution >= 4 is 5.91 Å². The lowest BCUT2D eigenvalue weighted by atomic mass is 9.94. The van der Waals surface area contributed by atoms with Crippen LogP contribution in [0.25, 0.3) is 0 Å². The summed E-state index contributed by atoms with van der Waals surface area (Å²) in [6.45, 7) is 6.23.